The van der Waals surface area contributed by atoms with Gasteiger partial charge in [-0.25, -0.2) is 0 Å². The first-order valence-corrected chi connectivity index (χ1v) is 8.50. The average Bonchev–Trinajstić information content (AvgIpc) is 2.88. The van der Waals surface area contributed by atoms with Crippen LogP contribution in [0.5, 0.6) is 0 Å². The van der Waals surface area contributed by atoms with Gasteiger partial charge in [0.05, 0.1) is 0 Å². The average molecular weight is 268 g/mol. The molecule has 1 aromatic rings. The maximum absolute atomic E-state index is 3.90. The van der Waals surface area contributed by atoms with E-state index in [-0.39, 0.29) is 0 Å². The minimum absolute atomic E-state index is 0.855. The van der Waals surface area contributed by atoms with Crippen LogP contribution in [0.1, 0.15) is 36.8 Å². The predicted octanol–water partition coefficient (Wildman–Crippen LogP) is 3.18. The van der Waals surface area contributed by atoms with Gasteiger partial charge in [0.25, 0.3) is 0 Å². The van der Waals surface area contributed by atoms with E-state index in [1.165, 1.54) is 36.9 Å². The van der Waals surface area contributed by atoms with Gasteiger partial charge in [-0.2, -0.15) is 0 Å². The Labute approximate surface area is 121 Å². The number of nitrogens with one attached hydrogen (secondary N) is 2. The fraction of sp³-hybridized carbons (Fsp3) is 0.667. The minimum Gasteiger partial charge on any atom is -0.385 e. The van der Waals surface area contributed by atoms with Gasteiger partial charge in [-0.1, -0.05) is 12.1 Å². The molecule has 3 aliphatic carbocycles. The number of hydrogen-bond acceptors (Lipinski definition) is 2. The van der Waals surface area contributed by atoms with Crippen LogP contribution in [0.2, 0.25) is 0 Å². The number of anilines is 1. The maximum Gasteiger partial charge on any atom is 0.0375 e. The Morgan fingerprint density at radius 3 is 2.85 bits per heavy atom. The molecule has 3 saturated carbocycles. The molecule has 2 heteroatoms. The van der Waals surface area contributed by atoms with Crippen molar-refractivity contribution < 1.29 is 0 Å². The van der Waals surface area contributed by atoms with Crippen molar-refractivity contribution in [2.45, 2.75) is 44.7 Å². The summed E-state index contributed by atoms with van der Waals surface area (Å²) in [5, 5.41) is 7.44. The van der Waals surface area contributed by atoms with Crippen molar-refractivity contribution in [3.05, 3.63) is 29.3 Å². The SMILES string of the molecule is c1cc(CNC2C3C4CCC(C4)C23)c2c(c1)NCCC2. The summed E-state index contributed by atoms with van der Waals surface area (Å²) in [6.07, 6.45) is 7.13. The summed E-state index contributed by atoms with van der Waals surface area (Å²) in [6, 6.07) is 7.63. The summed E-state index contributed by atoms with van der Waals surface area (Å²) in [6.45, 7) is 2.22. The maximum atomic E-state index is 3.90. The van der Waals surface area contributed by atoms with Crippen LogP contribution < -0.4 is 10.6 Å². The fourth-order valence-electron chi connectivity index (χ4n) is 5.58. The summed E-state index contributed by atoms with van der Waals surface area (Å²) in [5.74, 6) is 4.25. The Balaban J connectivity index is 1.29. The smallest absolute Gasteiger partial charge is 0.0375 e. The van der Waals surface area contributed by atoms with E-state index in [9.17, 15) is 0 Å². The molecule has 0 aromatic heterocycles. The first kappa shape index (κ1) is 11.6. The van der Waals surface area contributed by atoms with E-state index in [0.717, 1.165) is 42.8 Å². The third kappa shape index (κ3) is 1.60. The Morgan fingerprint density at radius 1 is 1.15 bits per heavy atom. The van der Waals surface area contributed by atoms with E-state index < -0.39 is 0 Å². The second-order valence-electron chi connectivity index (χ2n) is 7.37. The third-order valence-corrected chi connectivity index (χ3v) is 6.46. The molecule has 0 spiro atoms. The van der Waals surface area contributed by atoms with E-state index >= 15 is 0 Å². The van der Waals surface area contributed by atoms with E-state index in [1.54, 1.807) is 12.0 Å². The normalized spacial score (nSPS) is 40.1. The van der Waals surface area contributed by atoms with Crippen molar-refractivity contribution in [1.82, 2.24) is 5.32 Å². The third-order valence-electron chi connectivity index (χ3n) is 6.46. The zero-order chi connectivity index (χ0) is 13.1. The van der Waals surface area contributed by atoms with Crippen molar-refractivity contribution in [2.24, 2.45) is 23.7 Å². The zero-order valence-electron chi connectivity index (χ0n) is 12.1. The summed E-state index contributed by atoms with van der Waals surface area (Å²) in [5.41, 5.74) is 4.48. The van der Waals surface area contributed by atoms with Gasteiger partial charge in [0.2, 0.25) is 0 Å². The van der Waals surface area contributed by atoms with Gasteiger partial charge >= 0.3 is 0 Å². The molecule has 4 atom stereocenters. The highest BCUT2D eigenvalue weighted by atomic mass is 15.0. The summed E-state index contributed by atoms with van der Waals surface area (Å²) < 4.78 is 0. The molecule has 20 heavy (non-hydrogen) atoms. The Morgan fingerprint density at radius 2 is 2.00 bits per heavy atom. The van der Waals surface area contributed by atoms with Crippen LogP contribution in [0, 0.1) is 23.7 Å². The lowest BCUT2D eigenvalue weighted by Crippen LogP contribution is -2.24. The van der Waals surface area contributed by atoms with Gasteiger partial charge in [-0.05, 0) is 73.0 Å². The van der Waals surface area contributed by atoms with Crippen molar-refractivity contribution in [3.8, 4) is 0 Å². The van der Waals surface area contributed by atoms with Gasteiger partial charge in [0.15, 0.2) is 0 Å². The molecule has 1 heterocycles. The molecule has 4 aliphatic rings. The van der Waals surface area contributed by atoms with E-state index in [0.29, 0.717) is 0 Å². The topological polar surface area (TPSA) is 24.1 Å². The molecule has 4 unspecified atom stereocenters. The Bertz CT molecular complexity index is 522. The molecule has 3 fully saturated rings. The second kappa shape index (κ2) is 4.24. The Kier molecular flexibility index (Phi) is 2.46. The molecule has 5 rings (SSSR count). The largest absolute Gasteiger partial charge is 0.385 e. The summed E-state index contributed by atoms with van der Waals surface area (Å²) >= 11 is 0. The standard InChI is InChI=1S/C18H24N2/c1-3-13(14-4-2-8-19-15(14)5-1)10-20-18-16-11-6-7-12(9-11)17(16)18/h1,3,5,11-12,16-20H,2,4,6-10H2. The van der Waals surface area contributed by atoms with Crippen molar-refractivity contribution in [1.29, 1.82) is 0 Å². The van der Waals surface area contributed by atoms with Crippen molar-refractivity contribution in [3.63, 3.8) is 0 Å². The van der Waals surface area contributed by atoms with E-state index in [4.69, 9.17) is 0 Å². The van der Waals surface area contributed by atoms with Crippen LogP contribution >= 0.6 is 0 Å². The molecule has 2 bridgehead atoms. The highest BCUT2D eigenvalue weighted by molar-refractivity contribution is 5.56. The first-order valence-electron chi connectivity index (χ1n) is 8.50. The summed E-state index contributed by atoms with van der Waals surface area (Å²) in [7, 11) is 0. The molecule has 2 N–H and O–H groups in total. The van der Waals surface area contributed by atoms with Gasteiger partial charge in [-0.3, -0.25) is 0 Å². The van der Waals surface area contributed by atoms with Crippen LogP contribution in [-0.4, -0.2) is 12.6 Å². The fourth-order valence-corrected chi connectivity index (χ4v) is 5.58. The monoisotopic (exact) mass is 268 g/mol. The number of fused-ring (bicyclic) bond motifs is 6. The first-order chi connectivity index (χ1) is 9.92. The number of benzene rings is 1. The van der Waals surface area contributed by atoms with Crippen LogP contribution in [0.4, 0.5) is 5.69 Å². The predicted molar refractivity (Wildman–Crippen MR) is 81.7 cm³/mol. The van der Waals surface area contributed by atoms with Crippen molar-refractivity contribution >= 4 is 5.69 Å². The zero-order valence-corrected chi connectivity index (χ0v) is 12.1. The molecule has 2 nitrogen and oxygen atoms in total. The lowest BCUT2D eigenvalue weighted by atomic mass is 9.97. The van der Waals surface area contributed by atoms with E-state index in [2.05, 4.69) is 28.8 Å². The summed E-state index contributed by atoms with van der Waals surface area (Å²) in [4.78, 5) is 0. The molecule has 0 amide bonds. The van der Waals surface area contributed by atoms with Gasteiger partial charge < -0.3 is 10.6 Å². The number of rotatable bonds is 3. The molecule has 106 valence electrons. The molecule has 1 aliphatic heterocycles. The van der Waals surface area contributed by atoms with Crippen molar-refractivity contribution in [2.75, 3.05) is 11.9 Å². The second-order valence-corrected chi connectivity index (χ2v) is 7.37. The van der Waals surface area contributed by atoms with Crippen LogP contribution in [0.25, 0.3) is 0 Å². The minimum atomic E-state index is 0.855. The van der Waals surface area contributed by atoms with Crippen LogP contribution in [-0.2, 0) is 13.0 Å². The van der Waals surface area contributed by atoms with Crippen LogP contribution in [0.3, 0.4) is 0 Å². The lowest BCUT2D eigenvalue weighted by molar-refractivity contribution is 0.456. The highest BCUT2D eigenvalue weighted by Crippen LogP contribution is 2.65. The highest BCUT2D eigenvalue weighted by Gasteiger charge is 2.64. The Hall–Kier alpha value is -1.02. The van der Waals surface area contributed by atoms with Gasteiger partial charge in [0, 0.05) is 24.8 Å². The molecular formula is C18H24N2. The molecular weight excluding hydrogens is 244 g/mol. The quantitative estimate of drug-likeness (QED) is 0.880. The van der Waals surface area contributed by atoms with Gasteiger partial charge in [-0.15, -0.1) is 0 Å². The molecule has 0 radical (unpaired) electrons. The lowest BCUT2D eigenvalue weighted by Gasteiger charge is -2.21. The molecule has 0 saturated heterocycles. The van der Waals surface area contributed by atoms with E-state index in [1.807, 2.05) is 0 Å². The van der Waals surface area contributed by atoms with Crippen LogP contribution in [0.15, 0.2) is 18.2 Å². The molecule has 1 aromatic carbocycles. The van der Waals surface area contributed by atoms with Gasteiger partial charge in [0.1, 0.15) is 0 Å². The number of hydrogen-bond donors (Lipinski definition) is 2.